The van der Waals surface area contributed by atoms with Crippen LogP contribution in [0.3, 0.4) is 0 Å². The fourth-order valence-corrected chi connectivity index (χ4v) is 7.58. The van der Waals surface area contributed by atoms with Crippen molar-refractivity contribution in [1.82, 2.24) is 14.7 Å². The van der Waals surface area contributed by atoms with Crippen LogP contribution in [-0.4, -0.2) is 93.6 Å². The van der Waals surface area contributed by atoms with E-state index in [9.17, 15) is 19.5 Å². The van der Waals surface area contributed by atoms with Gasteiger partial charge in [-0.15, -0.1) is 13.2 Å². The van der Waals surface area contributed by atoms with Crippen molar-refractivity contribution in [1.29, 1.82) is 0 Å². The molecule has 206 valence electrons. The number of aliphatic hydroxyl groups excluding tert-OH is 1. The van der Waals surface area contributed by atoms with Crippen molar-refractivity contribution in [3.05, 3.63) is 25.3 Å². The lowest BCUT2D eigenvalue weighted by molar-refractivity contribution is -0.155. The number of hydrogen-bond acceptors (Lipinski definition) is 5. The average molecular weight is 516 g/mol. The maximum atomic E-state index is 14.4. The van der Waals surface area contributed by atoms with E-state index in [1.165, 1.54) is 6.42 Å². The SMILES string of the molecule is C=CCN(CCC)C(=O)[C@H]1[C@H]2C(=O)N(CCCO)C(C(=O)N(CC=C)C3CCCCC3)C23CC[C@]1(C)O3. The summed E-state index contributed by atoms with van der Waals surface area (Å²) in [4.78, 5) is 47.8. The first-order valence-electron chi connectivity index (χ1n) is 14.2. The molecule has 1 spiro atoms. The highest BCUT2D eigenvalue weighted by Crippen LogP contribution is 2.63. The Labute approximate surface area is 221 Å². The molecule has 3 saturated heterocycles. The standard InChI is InChI=1S/C29H45N3O5/c1-5-16-30(17-6-2)25(34)22-23-26(35)32(19-11-20-33)24(29(23)15-14-28(22,4)37-29)27(36)31(18-7-3)21-12-9-8-10-13-21/h5,7,21-24,33H,1,3,6,8-20H2,2,4H3/t22-,23+,24?,28+,29?/m1/s1. The number of aliphatic hydroxyl groups is 1. The van der Waals surface area contributed by atoms with Crippen LogP contribution in [0.1, 0.15) is 71.6 Å². The van der Waals surface area contributed by atoms with Crippen molar-refractivity contribution >= 4 is 17.7 Å². The molecule has 5 atom stereocenters. The Kier molecular flexibility index (Phi) is 8.48. The number of amides is 3. The van der Waals surface area contributed by atoms with E-state index in [1.807, 2.05) is 18.7 Å². The number of ether oxygens (including phenoxy) is 1. The second kappa shape index (κ2) is 11.3. The third-order valence-electron chi connectivity index (χ3n) is 9.11. The normalized spacial score (nSPS) is 32.9. The van der Waals surface area contributed by atoms with Crippen LogP contribution < -0.4 is 0 Å². The molecule has 0 radical (unpaired) electrons. The van der Waals surface area contributed by atoms with Crippen LogP contribution in [0.25, 0.3) is 0 Å². The molecule has 0 aromatic carbocycles. The lowest BCUT2D eigenvalue weighted by atomic mass is 9.66. The Morgan fingerprint density at radius 1 is 1.14 bits per heavy atom. The van der Waals surface area contributed by atoms with E-state index in [-0.39, 0.29) is 36.9 Å². The molecule has 4 fully saturated rings. The number of rotatable bonds is 12. The van der Waals surface area contributed by atoms with Crippen molar-refractivity contribution < 1.29 is 24.2 Å². The summed E-state index contributed by atoms with van der Waals surface area (Å²) < 4.78 is 6.77. The van der Waals surface area contributed by atoms with Crippen molar-refractivity contribution in [2.24, 2.45) is 11.8 Å². The van der Waals surface area contributed by atoms with Crippen LogP contribution in [0.2, 0.25) is 0 Å². The second-order valence-electron chi connectivity index (χ2n) is 11.5. The number of nitrogens with zero attached hydrogens (tertiary/aromatic N) is 3. The first-order chi connectivity index (χ1) is 17.8. The number of carbonyl (C=O) groups excluding carboxylic acids is 3. The quantitative estimate of drug-likeness (QED) is 0.404. The molecule has 0 aromatic heterocycles. The molecule has 1 aliphatic carbocycles. The summed E-state index contributed by atoms with van der Waals surface area (Å²) in [6.07, 6.45) is 11.1. The van der Waals surface area contributed by atoms with Gasteiger partial charge in [0.15, 0.2) is 0 Å². The number of fused-ring (bicyclic) bond motifs is 1. The minimum Gasteiger partial charge on any atom is -0.396 e. The maximum absolute atomic E-state index is 14.4. The van der Waals surface area contributed by atoms with E-state index in [2.05, 4.69) is 13.2 Å². The Morgan fingerprint density at radius 3 is 2.46 bits per heavy atom. The van der Waals surface area contributed by atoms with Crippen molar-refractivity contribution in [2.75, 3.05) is 32.8 Å². The molecule has 3 heterocycles. The predicted octanol–water partition coefficient (Wildman–Crippen LogP) is 2.91. The molecule has 4 rings (SSSR count). The monoisotopic (exact) mass is 515 g/mol. The highest BCUT2D eigenvalue weighted by atomic mass is 16.5. The maximum Gasteiger partial charge on any atom is 0.248 e. The van der Waals surface area contributed by atoms with Crippen LogP contribution in [0, 0.1) is 11.8 Å². The van der Waals surface area contributed by atoms with Crippen LogP contribution in [0.5, 0.6) is 0 Å². The third kappa shape index (κ3) is 4.65. The Hall–Kier alpha value is -2.19. The highest BCUT2D eigenvalue weighted by Gasteiger charge is 2.78. The first kappa shape index (κ1) is 27.8. The van der Waals surface area contributed by atoms with Gasteiger partial charge >= 0.3 is 0 Å². The van der Waals surface area contributed by atoms with E-state index in [4.69, 9.17) is 4.74 Å². The molecule has 2 unspecified atom stereocenters. The van der Waals surface area contributed by atoms with Gasteiger partial charge in [0.25, 0.3) is 0 Å². The van der Waals surface area contributed by atoms with E-state index in [1.54, 1.807) is 22.0 Å². The number of likely N-dealkylation sites (tertiary alicyclic amines) is 1. The van der Waals surface area contributed by atoms with Crippen molar-refractivity contribution in [2.45, 2.75) is 94.9 Å². The van der Waals surface area contributed by atoms with Crippen LogP contribution in [-0.2, 0) is 19.1 Å². The van der Waals surface area contributed by atoms with Crippen LogP contribution in [0.15, 0.2) is 25.3 Å². The lowest BCUT2D eigenvalue weighted by Crippen LogP contribution is -2.58. The topological polar surface area (TPSA) is 90.4 Å². The summed E-state index contributed by atoms with van der Waals surface area (Å²) >= 11 is 0. The van der Waals surface area contributed by atoms with Gasteiger partial charge in [-0.3, -0.25) is 14.4 Å². The van der Waals surface area contributed by atoms with Gasteiger partial charge in [0.2, 0.25) is 17.7 Å². The first-order valence-corrected chi connectivity index (χ1v) is 14.2. The zero-order valence-electron chi connectivity index (χ0n) is 22.7. The summed E-state index contributed by atoms with van der Waals surface area (Å²) in [5, 5.41) is 9.59. The largest absolute Gasteiger partial charge is 0.396 e. The van der Waals surface area contributed by atoms with E-state index >= 15 is 0 Å². The van der Waals surface area contributed by atoms with E-state index in [0.717, 1.165) is 32.1 Å². The minimum absolute atomic E-state index is 0.0775. The second-order valence-corrected chi connectivity index (χ2v) is 11.5. The lowest BCUT2D eigenvalue weighted by Gasteiger charge is -2.40. The van der Waals surface area contributed by atoms with Gasteiger partial charge < -0.3 is 24.5 Å². The van der Waals surface area contributed by atoms with Gasteiger partial charge in [0, 0.05) is 38.8 Å². The van der Waals surface area contributed by atoms with Gasteiger partial charge in [-0.25, -0.2) is 0 Å². The summed E-state index contributed by atoms with van der Waals surface area (Å²) in [5.74, 6) is -1.72. The summed E-state index contributed by atoms with van der Waals surface area (Å²) in [5.41, 5.74) is -1.82. The molecule has 2 bridgehead atoms. The fraction of sp³-hybridized carbons (Fsp3) is 0.759. The summed E-state index contributed by atoms with van der Waals surface area (Å²) in [7, 11) is 0. The molecule has 37 heavy (non-hydrogen) atoms. The average Bonchev–Trinajstić information content (AvgIpc) is 3.46. The van der Waals surface area contributed by atoms with E-state index in [0.29, 0.717) is 38.9 Å². The zero-order valence-corrected chi connectivity index (χ0v) is 22.7. The molecule has 8 heteroatoms. The minimum atomic E-state index is -1.03. The van der Waals surface area contributed by atoms with E-state index < -0.39 is 29.1 Å². The van der Waals surface area contributed by atoms with Crippen molar-refractivity contribution in [3.8, 4) is 0 Å². The number of hydrogen-bond donors (Lipinski definition) is 1. The Bertz CT molecular complexity index is 902. The zero-order chi connectivity index (χ0) is 26.8. The number of carbonyl (C=O) groups is 3. The summed E-state index contributed by atoms with van der Waals surface area (Å²) in [6.45, 7) is 13.3. The molecule has 3 amide bonds. The molecular weight excluding hydrogens is 470 g/mol. The van der Waals surface area contributed by atoms with Gasteiger partial charge in [0.05, 0.1) is 17.4 Å². The molecule has 1 N–H and O–H groups in total. The van der Waals surface area contributed by atoms with Gasteiger partial charge in [-0.05, 0) is 45.4 Å². The van der Waals surface area contributed by atoms with Gasteiger partial charge in [-0.2, -0.15) is 0 Å². The molecule has 3 aliphatic heterocycles. The van der Waals surface area contributed by atoms with Crippen LogP contribution >= 0.6 is 0 Å². The van der Waals surface area contributed by atoms with Crippen molar-refractivity contribution in [3.63, 3.8) is 0 Å². The Morgan fingerprint density at radius 2 is 1.84 bits per heavy atom. The Balaban J connectivity index is 1.74. The highest BCUT2D eigenvalue weighted by molar-refractivity contribution is 5.99. The molecule has 1 saturated carbocycles. The molecule has 0 aromatic rings. The summed E-state index contributed by atoms with van der Waals surface area (Å²) in [6, 6.07) is -0.680. The van der Waals surface area contributed by atoms with Gasteiger partial charge in [0.1, 0.15) is 11.6 Å². The fourth-order valence-electron chi connectivity index (χ4n) is 7.58. The predicted molar refractivity (Wildman–Crippen MR) is 141 cm³/mol. The smallest absolute Gasteiger partial charge is 0.248 e. The molecule has 4 aliphatic rings. The van der Waals surface area contributed by atoms with Gasteiger partial charge in [-0.1, -0.05) is 38.3 Å². The third-order valence-corrected chi connectivity index (χ3v) is 9.11. The molecular formula is C29H45N3O5. The molecule has 8 nitrogen and oxygen atoms in total. The van der Waals surface area contributed by atoms with Crippen LogP contribution in [0.4, 0.5) is 0 Å².